The SMILES string of the molecule is CCCCCCCCCCCCCCCCCCCCCCCCC(=O)O[C@H](COC(=O)CCCCCCCCCCCCCCCCCCCCC(C)C)COP(=O)(O)OC[C@@H](O)COP(=O)(O)OC[C@@H](COC(=O)CCCCCCCCCCC(C)C)OC(=O)CCCCCCCCCCCCCCCCCCC. The van der Waals surface area contributed by atoms with Crippen molar-refractivity contribution >= 4 is 39.5 Å². The number of rotatable bonds is 91. The highest BCUT2D eigenvalue weighted by Crippen LogP contribution is 2.45. The first-order valence-corrected chi connectivity index (χ1v) is 50.5. The largest absolute Gasteiger partial charge is 0.472 e. The van der Waals surface area contributed by atoms with Gasteiger partial charge >= 0.3 is 39.5 Å². The van der Waals surface area contributed by atoms with Crippen molar-refractivity contribution in [1.29, 1.82) is 0 Å². The normalized spacial score (nSPS) is 13.7. The number of ether oxygens (including phenoxy) is 4. The van der Waals surface area contributed by atoms with Crippen LogP contribution in [0.4, 0.5) is 0 Å². The second-order valence-electron chi connectivity index (χ2n) is 34.0. The molecule has 0 radical (unpaired) electrons. The Kier molecular flexibility index (Phi) is 81.7. The molecule has 17 nitrogen and oxygen atoms in total. The van der Waals surface area contributed by atoms with E-state index in [2.05, 4.69) is 41.5 Å². The summed E-state index contributed by atoms with van der Waals surface area (Å²) in [6.45, 7) is 9.71. The van der Waals surface area contributed by atoms with Gasteiger partial charge in [0.05, 0.1) is 26.4 Å². The number of phosphoric ester groups is 2. The number of carbonyl (C=O) groups excluding carboxylic acids is 4. The van der Waals surface area contributed by atoms with Crippen molar-refractivity contribution in [2.45, 2.75) is 516 Å². The Hall–Kier alpha value is -1.94. The second-order valence-corrected chi connectivity index (χ2v) is 36.9. The summed E-state index contributed by atoms with van der Waals surface area (Å²) in [5.41, 5.74) is 0. The van der Waals surface area contributed by atoms with Gasteiger partial charge < -0.3 is 33.8 Å². The van der Waals surface area contributed by atoms with E-state index < -0.39 is 97.5 Å². The number of hydrogen-bond donors (Lipinski definition) is 3. The van der Waals surface area contributed by atoms with E-state index in [9.17, 15) is 43.2 Å². The lowest BCUT2D eigenvalue weighted by Crippen LogP contribution is -2.30. The highest BCUT2D eigenvalue weighted by molar-refractivity contribution is 7.47. The first-order chi connectivity index (χ1) is 53.9. The third-order valence-corrected chi connectivity index (χ3v) is 23.6. The van der Waals surface area contributed by atoms with E-state index >= 15 is 0 Å². The van der Waals surface area contributed by atoms with Crippen LogP contribution < -0.4 is 0 Å². The van der Waals surface area contributed by atoms with Crippen molar-refractivity contribution in [2.24, 2.45) is 11.8 Å². The Morgan fingerprint density at radius 3 is 0.613 bits per heavy atom. The lowest BCUT2D eigenvalue weighted by molar-refractivity contribution is -0.161. The molecule has 5 atom stereocenters. The van der Waals surface area contributed by atoms with Crippen LogP contribution in [0, 0.1) is 11.8 Å². The molecule has 0 aromatic heterocycles. The van der Waals surface area contributed by atoms with Crippen molar-refractivity contribution in [2.75, 3.05) is 39.6 Å². The number of unbranched alkanes of at least 4 members (excludes halogenated alkanes) is 61. The molecule has 0 bridgehead atoms. The fraction of sp³-hybridized carbons (Fsp3) is 0.957. The number of carbonyl (C=O) groups is 4. The van der Waals surface area contributed by atoms with Gasteiger partial charge in [-0.15, -0.1) is 0 Å². The molecule has 0 spiro atoms. The van der Waals surface area contributed by atoms with Gasteiger partial charge in [0.2, 0.25) is 0 Å². The Bertz CT molecular complexity index is 2120. The minimum absolute atomic E-state index is 0.108. The van der Waals surface area contributed by atoms with Crippen LogP contribution in [0.15, 0.2) is 0 Å². The zero-order valence-corrected chi connectivity index (χ0v) is 75.1. The third-order valence-electron chi connectivity index (χ3n) is 21.7. The lowest BCUT2D eigenvalue weighted by atomic mass is 10.0. The summed E-state index contributed by atoms with van der Waals surface area (Å²) in [5, 5.41) is 10.7. The van der Waals surface area contributed by atoms with E-state index in [4.69, 9.17) is 37.0 Å². The number of aliphatic hydroxyl groups is 1. The van der Waals surface area contributed by atoms with Crippen LogP contribution in [0.25, 0.3) is 0 Å². The second kappa shape index (κ2) is 83.1. The van der Waals surface area contributed by atoms with Crippen LogP contribution in [0.1, 0.15) is 497 Å². The molecular formula is C92H180O17P2. The van der Waals surface area contributed by atoms with E-state index in [0.717, 1.165) is 102 Å². The number of hydrogen-bond acceptors (Lipinski definition) is 15. The van der Waals surface area contributed by atoms with E-state index in [1.54, 1.807) is 0 Å². The molecule has 0 aliphatic rings. The van der Waals surface area contributed by atoms with Crippen LogP contribution in [0.3, 0.4) is 0 Å². The Morgan fingerprint density at radius 2 is 0.414 bits per heavy atom. The molecule has 19 heteroatoms. The molecule has 2 unspecified atom stereocenters. The topological polar surface area (TPSA) is 237 Å². The van der Waals surface area contributed by atoms with Crippen molar-refractivity contribution in [1.82, 2.24) is 0 Å². The van der Waals surface area contributed by atoms with Crippen LogP contribution >= 0.6 is 15.6 Å². The van der Waals surface area contributed by atoms with Crippen LogP contribution in [-0.4, -0.2) is 96.7 Å². The maximum absolute atomic E-state index is 13.2. The predicted octanol–water partition coefficient (Wildman–Crippen LogP) is 28.6. The molecule has 111 heavy (non-hydrogen) atoms. The van der Waals surface area contributed by atoms with Gasteiger partial charge in [-0.25, -0.2) is 9.13 Å². The van der Waals surface area contributed by atoms with E-state index in [0.29, 0.717) is 25.7 Å². The highest BCUT2D eigenvalue weighted by atomic mass is 31.2. The minimum Gasteiger partial charge on any atom is -0.462 e. The molecular weight excluding hydrogens is 1440 g/mol. The Balaban J connectivity index is 5.22. The number of aliphatic hydroxyl groups excluding tert-OH is 1. The monoisotopic (exact) mass is 1620 g/mol. The first-order valence-electron chi connectivity index (χ1n) is 47.5. The molecule has 0 saturated heterocycles. The fourth-order valence-electron chi connectivity index (χ4n) is 14.5. The Morgan fingerprint density at radius 1 is 0.243 bits per heavy atom. The van der Waals surface area contributed by atoms with Crippen molar-refractivity contribution in [3.8, 4) is 0 Å². The zero-order chi connectivity index (χ0) is 81.3. The van der Waals surface area contributed by atoms with E-state index in [1.807, 2.05) is 0 Å². The van der Waals surface area contributed by atoms with Gasteiger partial charge in [0.1, 0.15) is 19.3 Å². The maximum atomic E-state index is 13.2. The highest BCUT2D eigenvalue weighted by Gasteiger charge is 2.31. The van der Waals surface area contributed by atoms with Gasteiger partial charge in [-0.2, -0.15) is 0 Å². The molecule has 0 aliphatic heterocycles. The van der Waals surface area contributed by atoms with Crippen LogP contribution in [-0.2, 0) is 65.4 Å². The third kappa shape index (κ3) is 85.8. The molecule has 0 aromatic carbocycles. The van der Waals surface area contributed by atoms with Crippen LogP contribution in [0.2, 0.25) is 0 Å². The van der Waals surface area contributed by atoms with Gasteiger partial charge in [0.15, 0.2) is 12.2 Å². The lowest BCUT2D eigenvalue weighted by Gasteiger charge is -2.21. The standard InChI is InChI=1S/C92H180O17P2/c1-7-9-11-13-15-17-19-21-23-25-26-27-28-29-35-39-43-47-51-59-65-71-76-91(96)108-87(80-102-89(94)74-68-62-56-49-45-41-37-34-31-30-33-36-40-44-48-54-60-66-72-84(3)4)82-106-110(98,99)104-78-86(93)79-105-111(100,101)107-83-88(81-103-90(95)75-69-63-57-53-52-55-61-67-73-85(5)6)109-92(97)77-70-64-58-50-46-42-38-32-24-22-20-18-16-14-12-10-8-2/h84-88,93H,7-83H2,1-6H3,(H,98,99)(H,100,101)/t86-,87-,88-/m1/s1. The molecule has 0 aromatic rings. The summed E-state index contributed by atoms with van der Waals surface area (Å²) >= 11 is 0. The van der Waals surface area contributed by atoms with Gasteiger partial charge in [-0.3, -0.25) is 37.3 Å². The summed E-state index contributed by atoms with van der Waals surface area (Å²) in [6.07, 6.45) is 78.0. The average molecular weight is 1620 g/mol. The summed E-state index contributed by atoms with van der Waals surface area (Å²) in [7, 11) is -9.94. The summed E-state index contributed by atoms with van der Waals surface area (Å²) in [6, 6.07) is 0. The first kappa shape index (κ1) is 109. The molecule has 0 fully saturated rings. The molecule has 3 N–H and O–H groups in total. The van der Waals surface area contributed by atoms with Crippen molar-refractivity contribution < 1.29 is 80.2 Å². The van der Waals surface area contributed by atoms with Gasteiger partial charge in [0, 0.05) is 25.7 Å². The number of phosphoric acid groups is 2. The zero-order valence-electron chi connectivity index (χ0n) is 73.3. The quantitative estimate of drug-likeness (QED) is 0.0222. The molecule has 660 valence electrons. The molecule has 0 heterocycles. The van der Waals surface area contributed by atoms with Gasteiger partial charge in [-0.1, -0.05) is 446 Å². The maximum Gasteiger partial charge on any atom is 0.472 e. The molecule has 0 aliphatic carbocycles. The number of esters is 4. The van der Waals surface area contributed by atoms with Crippen LogP contribution in [0.5, 0.6) is 0 Å². The average Bonchev–Trinajstić information content (AvgIpc) is 0.899. The minimum atomic E-state index is -4.97. The Labute approximate surface area is 683 Å². The molecule has 0 saturated carbocycles. The van der Waals surface area contributed by atoms with Crippen molar-refractivity contribution in [3.05, 3.63) is 0 Å². The van der Waals surface area contributed by atoms with E-state index in [-0.39, 0.29) is 25.7 Å². The predicted molar refractivity (Wildman–Crippen MR) is 460 cm³/mol. The van der Waals surface area contributed by atoms with E-state index in [1.165, 1.54) is 315 Å². The van der Waals surface area contributed by atoms with Gasteiger partial charge in [0.25, 0.3) is 0 Å². The van der Waals surface area contributed by atoms with Gasteiger partial charge in [-0.05, 0) is 37.5 Å². The fourth-order valence-corrected chi connectivity index (χ4v) is 16.1. The summed E-state index contributed by atoms with van der Waals surface area (Å²) in [4.78, 5) is 73.4. The summed E-state index contributed by atoms with van der Waals surface area (Å²) in [5.74, 6) is -0.546. The smallest absolute Gasteiger partial charge is 0.462 e. The summed E-state index contributed by atoms with van der Waals surface area (Å²) < 4.78 is 69.1. The van der Waals surface area contributed by atoms with Crippen molar-refractivity contribution in [3.63, 3.8) is 0 Å². The molecule has 0 amide bonds. The molecule has 0 rings (SSSR count).